The predicted molar refractivity (Wildman–Crippen MR) is 65.3 cm³/mol. The molecule has 1 aromatic rings. The Morgan fingerprint density at radius 1 is 1.33 bits per heavy atom. The molecule has 1 rings (SSSR count). The van der Waals surface area contributed by atoms with Crippen LogP contribution in [0.15, 0.2) is 6.07 Å². The second-order valence-corrected chi connectivity index (χ2v) is 2.90. The van der Waals surface area contributed by atoms with Crippen LogP contribution in [0.3, 0.4) is 0 Å². The number of rotatable bonds is 3. The van der Waals surface area contributed by atoms with Crippen molar-refractivity contribution >= 4 is 5.82 Å². The van der Waals surface area contributed by atoms with Crippen molar-refractivity contribution in [3.8, 4) is 5.75 Å². The van der Waals surface area contributed by atoms with Crippen LogP contribution in [-0.4, -0.2) is 11.6 Å². The number of aryl methyl sites for hydroxylation is 1. The molecule has 86 valence electrons. The van der Waals surface area contributed by atoms with Crippen LogP contribution in [-0.2, 0) is 6.42 Å². The summed E-state index contributed by atoms with van der Waals surface area (Å²) in [6, 6.07) is 1.79. The molecule has 0 aliphatic carbocycles. The third-order valence-electron chi connectivity index (χ3n) is 1.96. The van der Waals surface area contributed by atoms with Crippen LogP contribution >= 0.6 is 0 Å². The minimum absolute atomic E-state index is 0.526. The fourth-order valence-electron chi connectivity index (χ4n) is 1.41. The molecule has 0 saturated carbocycles. The number of ether oxygens (including phenoxy) is 1. The van der Waals surface area contributed by atoms with Gasteiger partial charge in [0, 0.05) is 17.3 Å². The molecule has 2 N–H and O–H groups in total. The summed E-state index contributed by atoms with van der Waals surface area (Å²) < 4.78 is 5.47. The summed E-state index contributed by atoms with van der Waals surface area (Å²) in [7, 11) is 0. The summed E-state index contributed by atoms with van der Waals surface area (Å²) in [6.45, 7) is 10.7. The van der Waals surface area contributed by atoms with Crippen LogP contribution in [0.5, 0.6) is 5.75 Å². The van der Waals surface area contributed by atoms with Gasteiger partial charge < -0.3 is 10.5 Å². The van der Waals surface area contributed by atoms with Crippen molar-refractivity contribution in [3.63, 3.8) is 0 Å². The van der Waals surface area contributed by atoms with Gasteiger partial charge in [0.2, 0.25) is 0 Å². The van der Waals surface area contributed by atoms with Crippen LogP contribution in [0.1, 0.15) is 39.0 Å². The molecule has 0 bridgehead atoms. The summed E-state index contributed by atoms with van der Waals surface area (Å²) in [5.74, 6) is 1.40. The molecule has 0 atom stereocenters. The molecule has 1 heterocycles. The van der Waals surface area contributed by atoms with E-state index in [2.05, 4.69) is 11.9 Å². The maximum absolute atomic E-state index is 5.62. The molecule has 0 aliphatic rings. The Balaban J connectivity index is 0.000000921. The van der Waals surface area contributed by atoms with Crippen molar-refractivity contribution in [2.75, 3.05) is 12.3 Å². The van der Waals surface area contributed by atoms with Gasteiger partial charge in [0.15, 0.2) is 0 Å². The largest absolute Gasteiger partial charge is 0.493 e. The minimum atomic E-state index is 0.526. The Morgan fingerprint density at radius 3 is 2.40 bits per heavy atom. The van der Waals surface area contributed by atoms with E-state index in [1.54, 1.807) is 6.07 Å². The van der Waals surface area contributed by atoms with Crippen LogP contribution < -0.4 is 10.5 Å². The average Bonchev–Trinajstić information content (AvgIpc) is 2.21. The first-order chi connectivity index (χ1) is 7.19. The van der Waals surface area contributed by atoms with E-state index in [0.29, 0.717) is 12.4 Å². The van der Waals surface area contributed by atoms with Crippen molar-refractivity contribution < 1.29 is 4.74 Å². The first-order valence-corrected chi connectivity index (χ1v) is 5.57. The summed E-state index contributed by atoms with van der Waals surface area (Å²) in [4.78, 5) is 4.19. The van der Waals surface area contributed by atoms with E-state index < -0.39 is 0 Å². The van der Waals surface area contributed by atoms with E-state index >= 15 is 0 Å². The standard InChI is InChI=1S/C10H16N2O.C2H6/c1-4-8-7(3)12-10(11)6-9(8)13-5-2;1-2/h6H,4-5H2,1-3H3,(H2,11,12);1-2H3. The third kappa shape index (κ3) is 3.78. The molecule has 3 heteroatoms. The van der Waals surface area contributed by atoms with Gasteiger partial charge in [-0.1, -0.05) is 20.8 Å². The fourth-order valence-corrected chi connectivity index (χ4v) is 1.41. The van der Waals surface area contributed by atoms with Gasteiger partial charge in [-0.05, 0) is 20.3 Å². The van der Waals surface area contributed by atoms with Gasteiger partial charge in [-0.2, -0.15) is 0 Å². The van der Waals surface area contributed by atoms with Gasteiger partial charge >= 0.3 is 0 Å². The van der Waals surface area contributed by atoms with Gasteiger partial charge in [-0.15, -0.1) is 0 Å². The molecular weight excluding hydrogens is 188 g/mol. The molecule has 0 radical (unpaired) electrons. The molecule has 1 aromatic heterocycles. The topological polar surface area (TPSA) is 48.1 Å². The summed E-state index contributed by atoms with van der Waals surface area (Å²) in [5, 5.41) is 0. The Bertz CT molecular complexity index is 298. The first kappa shape index (κ1) is 13.8. The summed E-state index contributed by atoms with van der Waals surface area (Å²) >= 11 is 0. The van der Waals surface area contributed by atoms with Crippen molar-refractivity contribution in [1.29, 1.82) is 0 Å². The first-order valence-electron chi connectivity index (χ1n) is 5.57. The maximum atomic E-state index is 5.62. The SMILES string of the molecule is CC.CCOc1cc(N)nc(C)c1CC. The van der Waals surface area contributed by atoms with E-state index in [-0.39, 0.29) is 0 Å². The monoisotopic (exact) mass is 210 g/mol. The molecule has 0 saturated heterocycles. The Labute approximate surface area is 92.7 Å². The molecular formula is C12H22N2O. The molecule has 15 heavy (non-hydrogen) atoms. The zero-order chi connectivity index (χ0) is 11.8. The zero-order valence-electron chi connectivity index (χ0n) is 10.4. The van der Waals surface area contributed by atoms with Gasteiger partial charge in [0.1, 0.15) is 11.6 Å². The smallest absolute Gasteiger partial charge is 0.127 e. The number of hydrogen-bond acceptors (Lipinski definition) is 3. The van der Waals surface area contributed by atoms with Crippen molar-refractivity contribution in [2.45, 2.75) is 41.0 Å². The van der Waals surface area contributed by atoms with Gasteiger partial charge in [-0.25, -0.2) is 4.98 Å². The number of nitrogen functional groups attached to an aromatic ring is 1. The van der Waals surface area contributed by atoms with Crippen LogP contribution in [0, 0.1) is 6.92 Å². The van der Waals surface area contributed by atoms with Crippen LogP contribution in [0.4, 0.5) is 5.82 Å². The number of anilines is 1. The number of hydrogen-bond donors (Lipinski definition) is 1. The lowest BCUT2D eigenvalue weighted by atomic mass is 10.1. The number of nitrogens with zero attached hydrogens (tertiary/aromatic N) is 1. The van der Waals surface area contributed by atoms with Crippen molar-refractivity contribution in [1.82, 2.24) is 4.98 Å². The Morgan fingerprint density at radius 2 is 1.93 bits per heavy atom. The van der Waals surface area contributed by atoms with Crippen LogP contribution in [0.25, 0.3) is 0 Å². The molecule has 0 unspecified atom stereocenters. The van der Waals surface area contributed by atoms with Gasteiger partial charge in [-0.3, -0.25) is 0 Å². The van der Waals surface area contributed by atoms with Gasteiger partial charge in [0.05, 0.1) is 6.61 Å². The van der Waals surface area contributed by atoms with Crippen LogP contribution in [0.2, 0.25) is 0 Å². The average molecular weight is 210 g/mol. The van der Waals surface area contributed by atoms with E-state index in [9.17, 15) is 0 Å². The summed E-state index contributed by atoms with van der Waals surface area (Å²) in [6.07, 6.45) is 0.925. The lowest BCUT2D eigenvalue weighted by Crippen LogP contribution is -2.02. The number of nitrogens with two attached hydrogens (primary N) is 1. The molecule has 0 amide bonds. The van der Waals surface area contributed by atoms with E-state index in [1.807, 2.05) is 27.7 Å². The second-order valence-electron chi connectivity index (χ2n) is 2.90. The van der Waals surface area contributed by atoms with Crippen molar-refractivity contribution in [2.24, 2.45) is 0 Å². The quantitative estimate of drug-likeness (QED) is 0.834. The number of aromatic nitrogens is 1. The normalized spacial score (nSPS) is 9.13. The zero-order valence-corrected chi connectivity index (χ0v) is 10.4. The molecule has 0 aliphatic heterocycles. The lowest BCUT2D eigenvalue weighted by molar-refractivity contribution is 0.336. The second kappa shape index (κ2) is 7.10. The highest BCUT2D eigenvalue weighted by Crippen LogP contribution is 2.23. The van der Waals surface area contributed by atoms with E-state index in [0.717, 1.165) is 23.4 Å². The molecule has 3 nitrogen and oxygen atoms in total. The fraction of sp³-hybridized carbons (Fsp3) is 0.583. The maximum Gasteiger partial charge on any atom is 0.127 e. The molecule has 0 spiro atoms. The molecule has 0 aromatic carbocycles. The highest BCUT2D eigenvalue weighted by Gasteiger charge is 2.07. The highest BCUT2D eigenvalue weighted by atomic mass is 16.5. The minimum Gasteiger partial charge on any atom is -0.493 e. The lowest BCUT2D eigenvalue weighted by Gasteiger charge is -2.11. The predicted octanol–water partition coefficient (Wildman–Crippen LogP) is 2.96. The highest BCUT2D eigenvalue weighted by molar-refractivity contribution is 5.45. The van der Waals surface area contributed by atoms with E-state index in [4.69, 9.17) is 10.5 Å². The van der Waals surface area contributed by atoms with Gasteiger partial charge in [0.25, 0.3) is 0 Å². The van der Waals surface area contributed by atoms with Crippen molar-refractivity contribution in [3.05, 3.63) is 17.3 Å². The third-order valence-corrected chi connectivity index (χ3v) is 1.96. The molecule has 0 fully saturated rings. The Hall–Kier alpha value is -1.25. The van der Waals surface area contributed by atoms with E-state index in [1.165, 1.54) is 0 Å². The Kier molecular flexibility index (Phi) is 6.50. The number of pyridine rings is 1. The summed E-state index contributed by atoms with van der Waals surface area (Å²) in [5.41, 5.74) is 7.74.